The molecule has 2 N–H and O–H groups in total. The van der Waals surface area contributed by atoms with Crippen LogP contribution in [0.4, 0.5) is 0 Å². The Hall–Kier alpha value is -1.06. The number of carbonyl (C=O) groups excluding carboxylic acids is 1. The quantitative estimate of drug-likeness (QED) is 0.890. The fourth-order valence-corrected chi connectivity index (χ4v) is 3.05. The summed E-state index contributed by atoms with van der Waals surface area (Å²) in [4.78, 5) is 12.1. The van der Waals surface area contributed by atoms with Gasteiger partial charge in [0.25, 0.3) is 5.91 Å². The molecule has 1 aromatic rings. The Bertz CT molecular complexity index is 508. The molecule has 1 amide bonds. The van der Waals surface area contributed by atoms with E-state index in [1.54, 1.807) is 18.2 Å². The molecule has 3 nitrogen and oxygen atoms in total. The lowest BCUT2D eigenvalue weighted by molar-refractivity contribution is -0.00786. The van der Waals surface area contributed by atoms with Crippen LogP contribution in [0.3, 0.4) is 0 Å². The van der Waals surface area contributed by atoms with E-state index in [1.807, 2.05) is 6.92 Å². The number of hydrogen-bond acceptors (Lipinski definition) is 2. The third kappa shape index (κ3) is 4.21. The number of rotatable bonds is 4. The fourth-order valence-electron chi connectivity index (χ4n) is 2.93. The summed E-state index contributed by atoms with van der Waals surface area (Å²) >= 11 is 5.96. The normalized spacial score (nSPS) is 25.6. The molecule has 2 rings (SSSR count). The molecule has 0 bridgehead atoms. The second kappa shape index (κ2) is 6.80. The van der Waals surface area contributed by atoms with E-state index < -0.39 is 5.60 Å². The molecule has 0 spiro atoms. The zero-order valence-corrected chi connectivity index (χ0v) is 13.5. The van der Waals surface area contributed by atoms with Gasteiger partial charge in [-0.3, -0.25) is 4.79 Å². The Morgan fingerprint density at radius 3 is 2.67 bits per heavy atom. The maximum absolute atomic E-state index is 12.1. The number of nitrogens with one attached hydrogen (secondary N) is 1. The van der Waals surface area contributed by atoms with E-state index in [0.717, 1.165) is 37.2 Å². The average molecular weight is 310 g/mol. The maximum atomic E-state index is 12.1. The van der Waals surface area contributed by atoms with Crippen molar-refractivity contribution in [3.8, 4) is 0 Å². The van der Waals surface area contributed by atoms with Crippen LogP contribution in [0.1, 0.15) is 54.9 Å². The minimum absolute atomic E-state index is 0.152. The van der Waals surface area contributed by atoms with E-state index in [0.29, 0.717) is 17.1 Å². The van der Waals surface area contributed by atoms with Crippen molar-refractivity contribution in [1.82, 2.24) is 5.32 Å². The lowest BCUT2D eigenvalue weighted by Gasteiger charge is -2.35. The number of carbonyl (C=O) groups is 1. The summed E-state index contributed by atoms with van der Waals surface area (Å²) in [7, 11) is 0. The number of amides is 1. The topological polar surface area (TPSA) is 49.3 Å². The van der Waals surface area contributed by atoms with Gasteiger partial charge in [0.2, 0.25) is 0 Å². The largest absolute Gasteiger partial charge is 0.388 e. The first-order chi connectivity index (χ1) is 9.93. The van der Waals surface area contributed by atoms with E-state index in [2.05, 4.69) is 12.2 Å². The number of aliphatic hydroxyl groups is 1. The number of halogens is 1. The zero-order chi connectivity index (χ0) is 15.5. The van der Waals surface area contributed by atoms with E-state index >= 15 is 0 Å². The molecule has 0 saturated heterocycles. The van der Waals surface area contributed by atoms with Crippen LogP contribution in [0.25, 0.3) is 0 Å². The van der Waals surface area contributed by atoms with Crippen molar-refractivity contribution in [2.24, 2.45) is 5.92 Å². The highest BCUT2D eigenvalue weighted by Gasteiger charge is 2.32. The van der Waals surface area contributed by atoms with Gasteiger partial charge in [-0.15, -0.1) is 0 Å². The van der Waals surface area contributed by atoms with E-state index in [9.17, 15) is 9.90 Å². The SMILES string of the molecule is CCC1CCC(O)(CNC(=O)c2ccc(Cl)c(C)c2)CC1. The molecule has 0 aliphatic heterocycles. The first-order valence-corrected chi connectivity index (χ1v) is 8.08. The van der Waals surface area contributed by atoms with Crippen molar-refractivity contribution in [2.45, 2.75) is 51.6 Å². The molecule has 1 aliphatic rings. The summed E-state index contributed by atoms with van der Waals surface area (Å²) in [5.41, 5.74) is 0.720. The second-order valence-electron chi connectivity index (χ2n) is 6.22. The van der Waals surface area contributed by atoms with Crippen molar-refractivity contribution in [3.05, 3.63) is 34.3 Å². The molecule has 4 heteroatoms. The van der Waals surface area contributed by atoms with Gasteiger partial charge in [0.15, 0.2) is 0 Å². The number of aryl methyl sites for hydroxylation is 1. The van der Waals surface area contributed by atoms with Crippen molar-refractivity contribution in [2.75, 3.05) is 6.54 Å². The maximum Gasteiger partial charge on any atom is 0.251 e. The van der Waals surface area contributed by atoms with Crippen LogP contribution in [0, 0.1) is 12.8 Å². The summed E-state index contributed by atoms with van der Waals surface area (Å²) in [5, 5.41) is 14.1. The van der Waals surface area contributed by atoms with E-state index in [1.165, 1.54) is 6.42 Å². The van der Waals surface area contributed by atoms with Gasteiger partial charge in [-0.2, -0.15) is 0 Å². The van der Waals surface area contributed by atoms with Gasteiger partial charge < -0.3 is 10.4 Å². The van der Waals surface area contributed by atoms with E-state index in [-0.39, 0.29) is 5.91 Å². The predicted octanol–water partition coefficient (Wildman–Crippen LogP) is 3.71. The van der Waals surface area contributed by atoms with Crippen LogP contribution in [0.5, 0.6) is 0 Å². The minimum Gasteiger partial charge on any atom is -0.388 e. The van der Waals surface area contributed by atoms with Gasteiger partial charge in [0, 0.05) is 17.1 Å². The minimum atomic E-state index is -0.747. The van der Waals surface area contributed by atoms with Gasteiger partial charge in [-0.05, 0) is 62.3 Å². The van der Waals surface area contributed by atoms with Crippen LogP contribution in [-0.4, -0.2) is 23.2 Å². The highest BCUT2D eigenvalue weighted by atomic mass is 35.5. The number of benzene rings is 1. The Kier molecular flexibility index (Phi) is 5.28. The summed E-state index contributed by atoms with van der Waals surface area (Å²) in [5.74, 6) is 0.570. The molecule has 1 aliphatic carbocycles. The highest BCUT2D eigenvalue weighted by Crippen LogP contribution is 2.33. The molecule has 21 heavy (non-hydrogen) atoms. The van der Waals surface area contributed by atoms with Crippen LogP contribution in [0.2, 0.25) is 5.02 Å². The predicted molar refractivity (Wildman–Crippen MR) is 85.7 cm³/mol. The molecular formula is C17H24ClNO2. The van der Waals surface area contributed by atoms with Gasteiger partial charge >= 0.3 is 0 Å². The van der Waals surface area contributed by atoms with E-state index in [4.69, 9.17) is 11.6 Å². The molecular weight excluding hydrogens is 286 g/mol. The summed E-state index contributed by atoms with van der Waals surface area (Å²) in [6.07, 6.45) is 4.80. The Morgan fingerprint density at radius 1 is 1.43 bits per heavy atom. The Morgan fingerprint density at radius 2 is 2.10 bits per heavy atom. The third-order valence-electron chi connectivity index (χ3n) is 4.61. The third-order valence-corrected chi connectivity index (χ3v) is 5.04. The monoisotopic (exact) mass is 309 g/mol. The lowest BCUT2D eigenvalue weighted by Crippen LogP contribution is -2.45. The molecule has 0 aromatic heterocycles. The molecule has 0 heterocycles. The fraction of sp³-hybridized carbons (Fsp3) is 0.588. The van der Waals surface area contributed by atoms with Crippen LogP contribution in [-0.2, 0) is 0 Å². The lowest BCUT2D eigenvalue weighted by atomic mass is 9.78. The second-order valence-corrected chi connectivity index (χ2v) is 6.63. The average Bonchev–Trinajstić information content (AvgIpc) is 2.48. The van der Waals surface area contributed by atoms with Gasteiger partial charge in [-0.1, -0.05) is 24.9 Å². The van der Waals surface area contributed by atoms with Crippen molar-refractivity contribution >= 4 is 17.5 Å². The molecule has 0 radical (unpaired) electrons. The van der Waals surface area contributed by atoms with Gasteiger partial charge in [-0.25, -0.2) is 0 Å². The first kappa shape index (κ1) is 16.3. The van der Waals surface area contributed by atoms with Crippen LogP contribution < -0.4 is 5.32 Å². The number of hydrogen-bond donors (Lipinski definition) is 2. The summed E-state index contributed by atoms with van der Waals surface area (Å²) < 4.78 is 0. The molecule has 0 atom stereocenters. The first-order valence-electron chi connectivity index (χ1n) is 7.70. The molecule has 1 aromatic carbocycles. The van der Waals surface area contributed by atoms with Gasteiger partial charge in [0.05, 0.1) is 5.60 Å². The van der Waals surface area contributed by atoms with Crippen molar-refractivity contribution < 1.29 is 9.90 Å². The smallest absolute Gasteiger partial charge is 0.251 e. The van der Waals surface area contributed by atoms with Crippen LogP contribution in [0.15, 0.2) is 18.2 Å². The molecule has 1 fully saturated rings. The van der Waals surface area contributed by atoms with Gasteiger partial charge in [0.1, 0.15) is 0 Å². The summed E-state index contributed by atoms with van der Waals surface area (Å²) in [6.45, 7) is 4.39. The van der Waals surface area contributed by atoms with Crippen molar-refractivity contribution in [3.63, 3.8) is 0 Å². The molecule has 116 valence electrons. The standard InChI is InChI=1S/C17H24ClNO2/c1-3-13-6-8-17(21,9-7-13)11-19-16(20)14-4-5-15(18)12(2)10-14/h4-5,10,13,21H,3,6-9,11H2,1-2H3,(H,19,20). The molecule has 1 saturated carbocycles. The highest BCUT2D eigenvalue weighted by molar-refractivity contribution is 6.31. The Balaban J connectivity index is 1.90. The zero-order valence-electron chi connectivity index (χ0n) is 12.8. The Labute approximate surface area is 131 Å². The van der Waals surface area contributed by atoms with Crippen LogP contribution >= 0.6 is 11.6 Å². The summed E-state index contributed by atoms with van der Waals surface area (Å²) in [6, 6.07) is 5.21. The van der Waals surface area contributed by atoms with Crippen molar-refractivity contribution in [1.29, 1.82) is 0 Å². The molecule has 0 unspecified atom stereocenters.